The molecular weight excluding hydrogens is 224 g/mol. The number of rotatable bonds is 4. The molecule has 0 aromatic heterocycles. The molecule has 0 aliphatic rings. The topological polar surface area (TPSA) is 37.3 Å². The van der Waals surface area contributed by atoms with E-state index in [0.717, 1.165) is 17.6 Å². The molecule has 0 unspecified atom stereocenters. The first-order valence-corrected chi connectivity index (χ1v) is 6.31. The molecule has 2 nitrogen and oxygen atoms in total. The van der Waals surface area contributed by atoms with Crippen molar-refractivity contribution < 1.29 is 9.90 Å². The van der Waals surface area contributed by atoms with Crippen LogP contribution in [-0.2, 0) is 10.2 Å². The molecule has 98 valence electrons. The van der Waals surface area contributed by atoms with Gasteiger partial charge in [0.05, 0.1) is 0 Å². The second-order valence-corrected chi connectivity index (χ2v) is 5.37. The highest BCUT2D eigenvalue weighted by molar-refractivity contribution is 5.95. The van der Waals surface area contributed by atoms with Crippen molar-refractivity contribution in [3.8, 4) is 0 Å². The number of carboxylic acids is 1. The average molecular weight is 246 g/mol. The monoisotopic (exact) mass is 246 g/mol. The minimum absolute atomic E-state index is 0.165. The van der Waals surface area contributed by atoms with E-state index in [1.807, 2.05) is 19.1 Å². The predicted octanol–water partition coefficient (Wildman–Crippen LogP) is 4.25. The van der Waals surface area contributed by atoms with Crippen molar-refractivity contribution >= 4 is 11.5 Å². The van der Waals surface area contributed by atoms with Gasteiger partial charge in [0, 0.05) is 5.57 Å². The third kappa shape index (κ3) is 3.00. The maximum atomic E-state index is 10.9. The van der Waals surface area contributed by atoms with Gasteiger partial charge >= 0.3 is 5.97 Å². The number of carbonyl (C=O) groups is 1. The van der Waals surface area contributed by atoms with E-state index >= 15 is 0 Å². The summed E-state index contributed by atoms with van der Waals surface area (Å²) in [5.41, 5.74) is 3.65. The van der Waals surface area contributed by atoms with Crippen LogP contribution in [0.5, 0.6) is 0 Å². The van der Waals surface area contributed by atoms with Crippen LogP contribution >= 0.6 is 0 Å². The minimum atomic E-state index is -0.856. The van der Waals surface area contributed by atoms with E-state index in [4.69, 9.17) is 5.11 Å². The third-order valence-corrected chi connectivity index (χ3v) is 3.87. The van der Waals surface area contributed by atoms with Gasteiger partial charge in [-0.25, -0.2) is 4.79 Å². The maximum absolute atomic E-state index is 10.9. The van der Waals surface area contributed by atoms with E-state index in [9.17, 15) is 4.79 Å². The molecule has 18 heavy (non-hydrogen) atoms. The van der Waals surface area contributed by atoms with Crippen molar-refractivity contribution in [3.05, 3.63) is 41.0 Å². The molecule has 0 radical (unpaired) electrons. The normalized spacial score (nSPS) is 13.2. The van der Waals surface area contributed by atoms with E-state index in [0.29, 0.717) is 5.57 Å². The first-order valence-electron chi connectivity index (χ1n) is 6.31. The van der Waals surface area contributed by atoms with Crippen molar-refractivity contribution in [1.29, 1.82) is 0 Å². The third-order valence-electron chi connectivity index (χ3n) is 3.87. The second kappa shape index (κ2) is 5.38. The number of allylic oxidation sites excluding steroid dienone is 1. The summed E-state index contributed by atoms with van der Waals surface area (Å²) in [6, 6.07) is 8.21. The molecule has 2 heteroatoms. The Morgan fingerprint density at radius 3 is 2.06 bits per heavy atom. The van der Waals surface area contributed by atoms with Crippen LogP contribution in [0.3, 0.4) is 0 Å². The lowest BCUT2D eigenvalue weighted by Crippen LogP contribution is -2.15. The fourth-order valence-corrected chi connectivity index (χ4v) is 1.75. The van der Waals surface area contributed by atoms with Crippen LogP contribution in [0.25, 0.3) is 5.57 Å². The lowest BCUT2D eigenvalue weighted by Gasteiger charge is -2.23. The van der Waals surface area contributed by atoms with E-state index in [1.54, 1.807) is 6.92 Å². The molecule has 0 heterocycles. The Morgan fingerprint density at radius 1 is 1.17 bits per heavy atom. The zero-order valence-corrected chi connectivity index (χ0v) is 11.9. The maximum Gasteiger partial charge on any atom is 0.331 e. The molecule has 1 rings (SSSR count). The molecule has 0 bridgehead atoms. The van der Waals surface area contributed by atoms with E-state index in [-0.39, 0.29) is 5.41 Å². The van der Waals surface area contributed by atoms with Crippen LogP contribution in [-0.4, -0.2) is 11.1 Å². The molecule has 1 aromatic carbocycles. The lowest BCUT2D eigenvalue weighted by atomic mass is 9.81. The number of benzene rings is 1. The van der Waals surface area contributed by atoms with Crippen molar-refractivity contribution in [2.24, 2.45) is 0 Å². The highest BCUT2D eigenvalue weighted by Crippen LogP contribution is 2.28. The first-order chi connectivity index (χ1) is 8.29. The van der Waals surface area contributed by atoms with Crippen molar-refractivity contribution in [3.63, 3.8) is 0 Å². The number of hydrogen-bond acceptors (Lipinski definition) is 1. The Kier molecular flexibility index (Phi) is 4.33. The molecule has 0 aliphatic carbocycles. The first kappa shape index (κ1) is 14.5. The van der Waals surface area contributed by atoms with Crippen LogP contribution in [0.2, 0.25) is 0 Å². The Morgan fingerprint density at radius 2 is 1.67 bits per heavy atom. The molecule has 0 spiro atoms. The van der Waals surface area contributed by atoms with Gasteiger partial charge in [0.2, 0.25) is 0 Å². The smallest absolute Gasteiger partial charge is 0.331 e. The SMILES string of the molecule is CCC(C)(C)c1ccc(C(C)=C(C)C(=O)O)cc1. The molecule has 1 N–H and O–H groups in total. The van der Waals surface area contributed by atoms with Gasteiger partial charge in [0.1, 0.15) is 0 Å². The molecule has 0 saturated heterocycles. The fourth-order valence-electron chi connectivity index (χ4n) is 1.75. The Hall–Kier alpha value is -1.57. The summed E-state index contributed by atoms with van der Waals surface area (Å²) in [5.74, 6) is -0.856. The van der Waals surface area contributed by atoms with Gasteiger partial charge in [-0.2, -0.15) is 0 Å². The lowest BCUT2D eigenvalue weighted by molar-refractivity contribution is -0.132. The molecule has 0 aliphatic heterocycles. The molecule has 0 saturated carbocycles. The summed E-state index contributed by atoms with van der Waals surface area (Å²) in [6.07, 6.45) is 1.08. The molecule has 1 aromatic rings. The fraction of sp³-hybridized carbons (Fsp3) is 0.438. The van der Waals surface area contributed by atoms with Crippen LogP contribution in [0.15, 0.2) is 29.8 Å². The van der Waals surface area contributed by atoms with Crippen LogP contribution < -0.4 is 0 Å². The summed E-state index contributed by atoms with van der Waals surface area (Å²) < 4.78 is 0. The summed E-state index contributed by atoms with van der Waals surface area (Å²) in [6.45, 7) is 10.1. The van der Waals surface area contributed by atoms with Crippen molar-refractivity contribution in [2.45, 2.75) is 46.5 Å². The summed E-state index contributed by atoms with van der Waals surface area (Å²) in [7, 11) is 0. The van der Waals surface area contributed by atoms with Gasteiger partial charge in [-0.15, -0.1) is 0 Å². The number of carboxylic acid groups (broad SMARTS) is 1. The molecular formula is C16H22O2. The van der Waals surface area contributed by atoms with E-state index in [2.05, 4.69) is 32.9 Å². The standard InChI is InChI=1S/C16H22O2/c1-6-16(4,5)14-9-7-13(8-10-14)11(2)12(3)15(17)18/h7-10H,6H2,1-5H3,(H,17,18). The van der Waals surface area contributed by atoms with Crippen molar-refractivity contribution in [1.82, 2.24) is 0 Å². The predicted molar refractivity (Wildman–Crippen MR) is 75.7 cm³/mol. The van der Waals surface area contributed by atoms with Crippen LogP contribution in [0.1, 0.15) is 52.2 Å². The van der Waals surface area contributed by atoms with Gasteiger partial charge in [0.15, 0.2) is 0 Å². The Balaban J connectivity index is 3.11. The zero-order chi connectivity index (χ0) is 13.9. The summed E-state index contributed by atoms with van der Waals surface area (Å²) in [5, 5.41) is 8.98. The van der Waals surface area contributed by atoms with Crippen LogP contribution in [0, 0.1) is 0 Å². The van der Waals surface area contributed by atoms with Gasteiger partial charge < -0.3 is 5.11 Å². The molecule has 0 fully saturated rings. The van der Waals surface area contributed by atoms with Gasteiger partial charge in [0.25, 0.3) is 0 Å². The minimum Gasteiger partial charge on any atom is -0.478 e. The quantitative estimate of drug-likeness (QED) is 0.806. The average Bonchev–Trinajstić information content (AvgIpc) is 2.37. The Labute approximate surface area is 109 Å². The largest absolute Gasteiger partial charge is 0.478 e. The van der Waals surface area contributed by atoms with E-state index < -0.39 is 5.97 Å². The van der Waals surface area contributed by atoms with Crippen molar-refractivity contribution in [2.75, 3.05) is 0 Å². The molecule has 0 amide bonds. The zero-order valence-electron chi connectivity index (χ0n) is 11.9. The summed E-state index contributed by atoms with van der Waals surface area (Å²) in [4.78, 5) is 10.9. The van der Waals surface area contributed by atoms with Gasteiger partial charge in [-0.1, -0.05) is 45.0 Å². The van der Waals surface area contributed by atoms with Gasteiger partial charge in [-0.3, -0.25) is 0 Å². The highest BCUT2D eigenvalue weighted by Gasteiger charge is 2.17. The highest BCUT2D eigenvalue weighted by atomic mass is 16.4. The van der Waals surface area contributed by atoms with E-state index in [1.165, 1.54) is 5.56 Å². The Bertz CT molecular complexity index is 464. The van der Waals surface area contributed by atoms with Gasteiger partial charge in [-0.05, 0) is 42.4 Å². The van der Waals surface area contributed by atoms with Crippen LogP contribution in [0.4, 0.5) is 0 Å². The number of hydrogen-bond donors (Lipinski definition) is 1. The summed E-state index contributed by atoms with van der Waals surface area (Å²) >= 11 is 0. The second-order valence-electron chi connectivity index (χ2n) is 5.37. The molecule has 0 atom stereocenters. The number of aliphatic carboxylic acids is 1.